The van der Waals surface area contributed by atoms with Crippen molar-refractivity contribution in [2.45, 2.75) is 26.3 Å². The zero-order valence-electron chi connectivity index (χ0n) is 13.6. The van der Waals surface area contributed by atoms with Crippen LogP contribution in [0.15, 0.2) is 12.4 Å². The van der Waals surface area contributed by atoms with E-state index < -0.39 is 0 Å². The Kier molecular flexibility index (Phi) is 5.68. The Morgan fingerprint density at radius 2 is 1.91 bits per heavy atom. The summed E-state index contributed by atoms with van der Waals surface area (Å²) in [5.41, 5.74) is 0.364. The van der Waals surface area contributed by atoms with E-state index in [0.717, 1.165) is 32.8 Å². The second kappa shape index (κ2) is 7.51. The molecule has 1 amide bonds. The van der Waals surface area contributed by atoms with Gasteiger partial charge < -0.3 is 15.4 Å². The summed E-state index contributed by atoms with van der Waals surface area (Å²) in [5.74, 6) is 0.382. The van der Waals surface area contributed by atoms with Crippen LogP contribution in [0.3, 0.4) is 0 Å². The highest BCUT2D eigenvalue weighted by molar-refractivity contribution is 5.93. The van der Waals surface area contributed by atoms with Crippen LogP contribution < -0.4 is 10.6 Å². The Balaban J connectivity index is 1.77. The van der Waals surface area contributed by atoms with Crippen molar-refractivity contribution in [3.63, 3.8) is 0 Å². The van der Waals surface area contributed by atoms with Crippen molar-refractivity contribution in [3.05, 3.63) is 18.0 Å². The van der Waals surface area contributed by atoms with Gasteiger partial charge in [-0.25, -0.2) is 9.97 Å². The van der Waals surface area contributed by atoms with Gasteiger partial charge in [-0.05, 0) is 20.8 Å². The fourth-order valence-electron chi connectivity index (χ4n) is 2.10. The summed E-state index contributed by atoms with van der Waals surface area (Å²) >= 11 is 0. The van der Waals surface area contributed by atoms with Gasteiger partial charge in [0.2, 0.25) is 5.95 Å². The van der Waals surface area contributed by atoms with Crippen LogP contribution in [-0.2, 0) is 4.74 Å². The molecule has 1 aliphatic heterocycles. The highest BCUT2D eigenvalue weighted by Gasteiger charge is 2.13. The molecule has 1 aromatic rings. The van der Waals surface area contributed by atoms with Crippen LogP contribution in [0.1, 0.15) is 31.1 Å². The maximum Gasteiger partial charge on any atom is 0.254 e. The molecule has 2 N–H and O–H groups in total. The molecule has 1 aliphatic rings. The van der Waals surface area contributed by atoms with Crippen LogP contribution in [0.4, 0.5) is 5.95 Å². The molecule has 0 radical (unpaired) electrons. The number of morpholine rings is 1. The van der Waals surface area contributed by atoms with Crippen LogP contribution >= 0.6 is 0 Å². The van der Waals surface area contributed by atoms with Gasteiger partial charge in [-0.1, -0.05) is 0 Å². The summed E-state index contributed by atoms with van der Waals surface area (Å²) < 4.78 is 5.29. The smallest absolute Gasteiger partial charge is 0.254 e. The van der Waals surface area contributed by atoms with Crippen molar-refractivity contribution >= 4 is 11.9 Å². The highest BCUT2D eigenvalue weighted by Crippen LogP contribution is 2.09. The van der Waals surface area contributed by atoms with Gasteiger partial charge in [0.05, 0.1) is 18.8 Å². The zero-order valence-corrected chi connectivity index (χ0v) is 13.6. The molecule has 1 fully saturated rings. The van der Waals surface area contributed by atoms with E-state index in [2.05, 4.69) is 25.5 Å². The minimum Gasteiger partial charge on any atom is -0.379 e. The third-order valence-corrected chi connectivity index (χ3v) is 3.22. The molecule has 7 nitrogen and oxygen atoms in total. The normalized spacial score (nSPS) is 16.3. The quantitative estimate of drug-likeness (QED) is 0.836. The lowest BCUT2D eigenvalue weighted by atomic mass is 10.1. The van der Waals surface area contributed by atoms with Crippen molar-refractivity contribution in [3.8, 4) is 0 Å². The minimum atomic E-state index is -0.143. The molecule has 0 aromatic carbocycles. The Hall–Kier alpha value is -1.73. The standard InChI is InChI=1S/C15H25N5O2/c1-15(2,3)19-14-17-10-12(11-18-14)13(21)16-4-5-20-6-8-22-9-7-20/h10-11H,4-9H2,1-3H3,(H,16,21)(H,17,18,19). The molecule has 0 atom stereocenters. The van der Waals surface area contributed by atoms with Crippen molar-refractivity contribution in [2.75, 3.05) is 44.7 Å². The molecule has 2 heterocycles. The first-order valence-electron chi connectivity index (χ1n) is 7.62. The van der Waals surface area contributed by atoms with Crippen LogP contribution in [0, 0.1) is 0 Å². The number of nitrogens with zero attached hydrogens (tertiary/aromatic N) is 3. The number of nitrogens with one attached hydrogen (secondary N) is 2. The lowest BCUT2D eigenvalue weighted by Crippen LogP contribution is -2.41. The summed E-state index contributed by atoms with van der Waals surface area (Å²) in [7, 11) is 0. The molecule has 2 rings (SSSR count). The zero-order chi connectivity index (χ0) is 16.0. The average molecular weight is 307 g/mol. The first-order chi connectivity index (χ1) is 10.4. The van der Waals surface area contributed by atoms with E-state index in [0.29, 0.717) is 18.1 Å². The summed E-state index contributed by atoms with van der Waals surface area (Å²) in [4.78, 5) is 22.6. The lowest BCUT2D eigenvalue weighted by Gasteiger charge is -2.26. The van der Waals surface area contributed by atoms with Gasteiger partial charge in [0.15, 0.2) is 0 Å². The predicted octanol–water partition coefficient (Wildman–Crippen LogP) is 0.749. The minimum absolute atomic E-state index is 0.109. The second-order valence-corrected chi connectivity index (χ2v) is 6.38. The maximum atomic E-state index is 12.0. The van der Waals surface area contributed by atoms with Crippen LogP contribution in [-0.4, -0.2) is 65.7 Å². The van der Waals surface area contributed by atoms with E-state index in [1.807, 2.05) is 20.8 Å². The molecule has 122 valence electrons. The van der Waals surface area contributed by atoms with E-state index in [4.69, 9.17) is 4.74 Å². The fraction of sp³-hybridized carbons (Fsp3) is 0.667. The van der Waals surface area contributed by atoms with Crippen molar-refractivity contribution < 1.29 is 9.53 Å². The summed E-state index contributed by atoms with van der Waals surface area (Å²) in [6.45, 7) is 10.9. The van der Waals surface area contributed by atoms with Crippen molar-refractivity contribution in [1.29, 1.82) is 0 Å². The third-order valence-electron chi connectivity index (χ3n) is 3.22. The number of carbonyl (C=O) groups excluding carboxylic acids is 1. The second-order valence-electron chi connectivity index (χ2n) is 6.38. The van der Waals surface area contributed by atoms with E-state index in [1.54, 1.807) is 12.4 Å². The van der Waals surface area contributed by atoms with Crippen LogP contribution in [0.5, 0.6) is 0 Å². The van der Waals surface area contributed by atoms with E-state index in [1.165, 1.54) is 0 Å². The first kappa shape index (κ1) is 16.6. The number of rotatable bonds is 5. The number of ether oxygens (including phenoxy) is 1. The van der Waals surface area contributed by atoms with Gasteiger partial charge in [-0.15, -0.1) is 0 Å². The molecule has 1 saturated heterocycles. The monoisotopic (exact) mass is 307 g/mol. The van der Waals surface area contributed by atoms with Gasteiger partial charge in [0.1, 0.15) is 0 Å². The third kappa shape index (κ3) is 5.57. The molecule has 7 heteroatoms. The number of carbonyl (C=O) groups is 1. The maximum absolute atomic E-state index is 12.0. The molecular formula is C15H25N5O2. The molecule has 0 saturated carbocycles. The highest BCUT2D eigenvalue weighted by atomic mass is 16.5. The lowest BCUT2D eigenvalue weighted by molar-refractivity contribution is 0.0383. The Morgan fingerprint density at radius 3 is 2.50 bits per heavy atom. The van der Waals surface area contributed by atoms with Crippen LogP contribution in [0.2, 0.25) is 0 Å². The fourth-order valence-corrected chi connectivity index (χ4v) is 2.10. The summed E-state index contributed by atoms with van der Waals surface area (Å²) in [6, 6.07) is 0. The van der Waals surface area contributed by atoms with Crippen molar-refractivity contribution in [2.24, 2.45) is 0 Å². The molecular weight excluding hydrogens is 282 g/mol. The topological polar surface area (TPSA) is 79.4 Å². The molecule has 1 aromatic heterocycles. The SMILES string of the molecule is CC(C)(C)Nc1ncc(C(=O)NCCN2CCOCC2)cn1. The van der Waals surface area contributed by atoms with Gasteiger partial charge >= 0.3 is 0 Å². The van der Waals surface area contributed by atoms with Gasteiger partial charge in [0.25, 0.3) is 5.91 Å². The van der Waals surface area contributed by atoms with E-state index in [9.17, 15) is 4.79 Å². The van der Waals surface area contributed by atoms with Gasteiger partial charge in [0, 0.05) is 44.1 Å². The Morgan fingerprint density at radius 1 is 1.27 bits per heavy atom. The number of hydrogen-bond acceptors (Lipinski definition) is 6. The number of hydrogen-bond donors (Lipinski definition) is 2. The first-order valence-corrected chi connectivity index (χ1v) is 7.62. The molecule has 0 aliphatic carbocycles. The molecule has 0 spiro atoms. The van der Waals surface area contributed by atoms with Gasteiger partial charge in [-0.3, -0.25) is 9.69 Å². The largest absolute Gasteiger partial charge is 0.379 e. The number of aromatic nitrogens is 2. The van der Waals surface area contributed by atoms with E-state index in [-0.39, 0.29) is 11.4 Å². The van der Waals surface area contributed by atoms with Crippen molar-refractivity contribution in [1.82, 2.24) is 20.2 Å². The molecule has 22 heavy (non-hydrogen) atoms. The molecule has 0 unspecified atom stereocenters. The summed E-state index contributed by atoms with van der Waals surface area (Å²) in [6.07, 6.45) is 3.09. The Labute approximate surface area is 131 Å². The predicted molar refractivity (Wildman–Crippen MR) is 85.0 cm³/mol. The molecule has 0 bridgehead atoms. The average Bonchev–Trinajstić information content (AvgIpc) is 2.47. The van der Waals surface area contributed by atoms with Crippen LogP contribution in [0.25, 0.3) is 0 Å². The van der Waals surface area contributed by atoms with Gasteiger partial charge in [-0.2, -0.15) is 0 Å². The van der Waals surface area contributed by atoms with E-state index >= 15 is 0 Å². The number of anilines is 1. The summed E-state index contributed by atoms with van der Waals surface area (Å²) in [5, 5.41) is 6.05. The Bertz CT molecular complexity index is 478. The number of amides is 1.